The highest BCUT2D eigenvalue weighted by molar-refractivity contribution is 7.89. The molecular formula is C18H23N3O4S. The number of carbonyl (C=O) groups excluding carboxylic acids is 1. The summed E-state index contributed by atoms with van der Waals surface area (Å²) in [4.78, 5) is 28.2. The molecule has 1 atom stereocenters. The normalized spacial score (nSPS) is 18.2. The number of aromatic nitrogens is 1. The summed E-state index contributed by atoms with van der Waals surface area (Å²) < 4.78 is 27.4. The molecule has 140 valence electrons. The van der Waals surface area contributed by atoms with Crippen LogP contribution in [0.5, 0.6) is 0 Å². The molecule has 1 fully saturated rings. The summed E-state index contributed by atoms with van der Waals surface area (Å²) in [6.45, 7) is 2.84. The number of piperidine rings is 1. The van der Waals surface area contributed by atoms with Crippen LogP contribution in [0.3, 0.4) is 0 Å². The summed E-state index contributed by atoms with van der Waals surface area (Å²) >= 11 is 0. The van der Waals surface area contributed by atoms with Gasteiger partial charge >= 0.3 is 0 Å². The van der Waals surface area contributed by atoms with Crippen LogP contribution >= 0.6 is 0 Å². The van der Waals surface area contributed by atoms with Crippen LogP contribution in [0.1, 0.15) is 32.6 Å². The molecule has 0 aliphatic carbocycles. The number of pyridine rings is 1. The maximum absolute atomic E-state index is 12.5. The van der Waals surface area contributed by atoms with Crippen molar-refractivity contribution in [3.05, 3.63) is 40.7 Å². The Hall–Kier alpha value is -2.19. The molecule has 26 heavy (non-hydrogen) atoms. The molecule has 1 aromatic carbocycles. The topological polar surface area (TPSA) is 99.3 Å². The predicted octanol–water partition coefficient (Wildman–Crippen LogP) is 1.60. The van der Waals surface area contributed by atoms with Crippen LogP contribution in [-0.2, 0) is 14.8 Å². The Labute approximate surface area is 152 Å². The number of rotatable bonds is 5. The Morgan fingerprint density at radius 3 is 2.85 bits per heavy atom. The number of aromatic amines is 1. The van der Waals surface area contributed by atoms with E-state index < -0.39 is 10.0 Å². The minimum absolute atomic E-state index is 0.0176. The average Bonchev–Trinajstić information content (AvgIpc) is 2.61. The molecular weight excluding hydrogens is 354 g/mol. The lowest BCUT2D eigenvalue weighted by atomic mass is 10.0. The fraction of sp³-hybridized carbons (Fsp3) is 0.444. The van der Waals surface area contributed by atoms with E-state index in [1.165, 1.54) is 18.2 Å². The number of nitrogens with one attached hydrogen (secondary N) is 2. The molecule has 8 heteroatoms. The van der Waals surface area contributed by atoms with Gasteiger partial charge in [-0.2, -0.15) is 0 Å². The van der Waals surface area contributed by atoms with Gasteiger partial charge in [-0.3, -0.25) is 9.59 Å². The molecule has 2 aromatic rings. The van der Waals surface area contributed by atoms with Crippen LogP contribution < -0.4 is 10.3 Å². The molecule has 2 heterocycles. The van der Waals surface area contributed by atoms with Crippen LogP contribution in [-0.4, -0.2) is 43.3 Å². The highest BCUT2D eigenvalue weighted by Crippen LogP contribution is 2.18. The van der Waals surface area contributed by atoms with E-state index in [4.69, 9.17) is 0 Å². The van der Waals surface area contributed by atoms with E-state index in [-0.39, 0.29) is 35.4 Å². The lowest BCUT2D eigenvalue weighted by molar-refractivity contribution is -0.134. The molecule has 2 N–H and O–H groups in total. The molecule has 1 amide bonds. The number of nitrogens with zero attached hydrogens (tertiary/aromatic N) is 1. The molecule has 1 saturated heterocycles. The largest absolute Gasteiger partial charge is 0.340 e. The third-order valence-electron chi connectivity index (χ3n) is 4.76. The van der Waals surface area contributed by atoms with Crippen molar-refractivity contribution in [3.8, 4) is 0 Å². The van der Waals surface area contributed by atoms with E-state index in [1.807, 2.05) is 11.8 Å². The second-order valence-electron chi connectivity index (χ2n) is 6.65. The summed E-state index contributed by atoms with van der Waals surface area (Å²) in [6.07, 6.45) is 3.27. The monoisotopic (exact) mass is 377 g/mol. The molecule has 3 rings (SSSR count). The number of fused-ring (bicyclic) bond motifs is 1. The first-order chi connectivity index (χ1) is 12.4. The number of hydrogen-bond acceptors (Lipinski definition) is 4. The molecule has 0 saturated carbocycles. The van der Waals surface area contributed by atoms with Crippen molar-refractivity contribution < 1.29 is 13.2 Å². The number of carbonyl (C=O) groups is 1. The van der Waals surface area contributed by atoms with Crippen LogP contribution in [0.2, 0.25) is 0 Å². The number of benzene rings is 1. The second kappa shape index (κ2) is 7.59. The van der Waals surface area contributed by atoms with E-state index in [0.29, 0.717) is 10.9 Å². The highest BCUT2D eigenvalue weighted by atomic mass is 32.2. The number of likely N-dealkylation sites (tertiary alicyclic amines) is 1. The zero-order valence-electron chi connectivity index (χ0n) is 14.7. The minimum atomic E-state index is -3.71. The first-order valence-electron chi connectivity index (χ1n) is 8.79. The van der Waals surface area contributed by atoms with E-state index in [1.54, 1.807) is 12.1 Å². The smallest absolute Gasteiger partial charge is 0.248 e. The van der Waals surface area contributed by atoms with Crippen molar-refractivity contribution in [1.82, 2.24) is 14.6 Å². The number of H-pyrrole nitrogens is 1. The Kier molecular flexibility index (Phi) is 5.43. The van der Waals surface area contributed by atoms with Crippen LogP contribution in [0.4, 0.5) is 0 Å². The van der Waals surface area contributed by atoms with Gasteiger partial charge in [-0.05, 0) is 55.8 Å². The van der Waals surface area contributed by atoms with Gasteiger partial charge in [0.2, 0.25) is 21.5 Å². The Bertz CT molecular complexity index is 968. The van der Waals surface area contributed by atoms with Crippen molar-refractivity contribution in [1.29, 1.82) is 0 Å². The van der Waals surface area contributed by atoms with Crippen molar-refractivity contribution >= 4 is 26.8 Å². The molecule has 0 bridgehead atoms. The molecule has 1 aliphatic rings. The molecule has 1 unspecified atom stereocenters. The molecule has 1 aromatic heterocycles. The van der Waals surface area contributed by atoms with Crippen LogP contribution in [0.15, 0.2) is 40.0 Å². The SMILES string of the molecule is CC1CCCCN1C(=O)CCNS(=O)(=O)c1ccc2[nH]c(=O)ccc2c1. The van der Waals surface area contributed by atoms with E-state index in [2.05, 4.69) is 9.71 Å². The second-order valence-corrected chi connectivity index (χ2v) is 8.42. The van der Waals surface area contributed by atoms with E-state index >= 15 is 0 Å². The van der Waals surface area contributed by atoms with Gasteiger partial charge in [0.05, 0.1) is 4.90 Å². The van der Waals surface area contributed by atoms with Crippen molar-refractivity contribution in [2.75, 3.05) is 13.1 Å². The van der Waals surface area contributed by atoms with Crippen molar-refractivity contribution in [3.63, 3.8) is 0 Å². The highest BCUT2D eigenvalue weighted by Gasteiger charge is 2.23. The molecule has 7 nitrogen and oxygen atoms in total. The fourth-order valence-corrected chi connectivity index (χ4v) is 4.35. The van der Waals surface area contributed by atoms with Gasteiger partial charge in [0, 0.05) is 37.1 Å². The first kappa shape index (κ1) is 18.6. The van der Waals surface area contributed by atoms with Gasteiger partial charge in [0.15, 0.2) is 0 Å². The van der Waals surface area contributed by atoms with Crippen molar-refractivity contribution in [2.45, 2.75) is 43.5 Å². The fourth-order valence-electron chi connectivity index (χ4n) is 3.29. The lowest BCUT2D eigenvalue weighted by Gasteiger charge is -2.33. The summed E-state index contributed by atoms with van der Waals surface area (Å²) in [7, 11) is -3.71. The van der Waals surface area contributed by atoms with Crippen LogP contribution in [0, 0.1) is 0 Å². The summed E-state index contributed by atoms with van der Waals surface area (Å²) in [5.74, 6) is -0.0176. The summed E-state index contributed by atoms with van der Waals surface area (Å²) in [5.41, 5.74) is 0.336. The average molecular weight is 377 g/mol. The third-order valence-corrected chi connectivity index (χ3v) is 6.22. The zero-order chi connectivity index (χ0) is 18.7. The maximum atomic E-state index is 12.5. The Morgan fingerprint density at radius 2 is 2.08 bits per heavy atom. The molecule has 1 aliphatic heterocycles. The summed E-state index contributed by atoms with van der Waals surface area (Å²) in [6, 6.07) is 7.65. The van der Waals surface area contributed by atoms with Gasteiger partial charge in [0.1, 0.15) is 0 Å². The Morgan fingerprint density at radius 1 is 1.27 bits per heavy atom. The first-order valence-corrected chi connectivity index (χ1v) is 10.3. The summed E-state index contributed by atoms with van der Waals surface area (Å²) in [5, 5.41) is 0.630. The predicted molar refractivity (Wildman–Crippen MR) is 99.4 cm³/mol. The van der Waals surface area contributed by atoms with Gasteiger partial charge in [-0.1, -0.05) is 0 Å². The van der Waals surface area contributed by atoms with Crippen molar-refractivity contribution in [2.24, 2.45) is 0 Å². The number of hydrogen-bond donors (Lipinski definition) is 2. The van der Waals surface area contributed by atoms with Gasteiger partial charge < -0.3 is 9.88 Å². The Balaban J connectivity index is 1.64. The third kappa shape index (κ3) is 4.13. The lowest BCUT2D eigenvalue weighted by Crippen LogP contribution is -2.43. The zero-order valence-corrected chi connectivity index (χ0v) is 15.5. The standard InChI is InChI=1S/C18H23N3O4S/c1-13-4-2-3-11-21(13)18(23)9-10-19-26(24,25)15-6-7-16-14(12-15)5-8-17(22)20-16/h5-8,12-13,19H,2-4,9-11H2,1H3,(H,20,22). The maximum Gasteiger partial charge on any atom is 0.248 e. The van der Waals surface area contributed by atoms with Gasteiger partial charge in [0.25, 0.3) is 0 Å². The number of sulfonamides is 1. The minimum Gasteiger partial charge on any atom is -0.340 e. The van der Waals surface area contributed by atoms with Crippen LogP contribution in [0.25, 0.3) is 10.9 Å². The molecule has 0 spiro atoms. The van der Waals surface area contributed by atoms with E-state index in [9.17, 15) is 18.0 Å². The molecule has 0 radical (unpaired) electrons. The van der Waals surface area contributed by atoms with Gasteiger partial charge in [-0.15, -0.1) is 0 Å². The quantitative estimate of drug-likeness (QED) is 0.827. The number of amides is 1. The van der Waals surface area contributed by atoms with E-state index in [0.717, 1.165) is 25.8 Å². The van der Waals surface area contributed by atoms with Gasteiger partial charge in [-0.25, -0.2) is 13.1 Å².